The van der Waals surface area contributed by atoms with Crippen molar-refractivity contribution in [3.8, 4) is 0 Å². The van der Waals surface area contributed by atoms with E-state index in [1.807, 2.05) is 12.1 Å². The van der Waals surface area contributed by atoms with Crippen molar-refractivity contribution in [1.29, 1.82) is 0 Å². The van der Waals surface area contributed by atoms with Crippen LogP contribution in [0.25, 0.3) is 0 Å². The van der Waals surface area contributed by atoms with Gasteiger partial charge in [0.25, 0.3) is 0 Å². The first-order chi connectivity index (χ1) is 8.49. The quantitative estimate of drug-likeness (QED) is 0.846. The van der Waals surface area contributed by atoms with Gasteiger partial charge in [-0.2, -0.15) is 0 Å². The van der Waals surface area contributed by atoms with E-state index in [4.69, 9.17) is 5.73 Å². The van der Waals surface area contributed by atoms with Crippen molar-refractivity contribution in [2.45, 2.75) is 55.9 Å². The molecule has 1 nitrogen and oxygen atoms in total. The van der Waals surface area contributed by atoms with E-state index in [9.17, 15) is 8.78 Å². The number of hydrogen-bond acceptors (Lipinski definition) is 1. The lowest BCUT2D eigenvalue weighted by atomic mass is 9.75. The largest absolute Gasteiger partial charge is 0.321 e. The van der Waals surface area contributed by atoms with E-state index in [1.54, 1.807) is 0 Å². The molecule has 2 aliphatic carbocycles. The zero-order valence-electron chi connectivity index (χ0n) is 10.5. The number of hydrogen-bond donors (Lipinski definition) is 1. The number of nitrogens with two attached hydrogens (primary N) is 1. The molecule has 0 aliphatic heterocycles. The van der Waals surface area contributed by atoms with Gasteiger partial charge in [-0.3, -0.25) is 0 Å². The van der Waals surface area contributed by atoms with Crippen molar-refractivity contribution in [3.05, 3.63) is 35.4 Å². The molecule has 0 unspecified atom stereocenters. The van der Waals surface area contributed by atoms with Gasteiger partial charge in [0.1, 0.15) is 0 Å². The minimum absolute atomic E-state index is 0.0862. The Bertz CT molecular complexity index is 442. The maximum atomic E-state index is 13.2. The fourth-order valence-corrected chi connectivity index (χ4v) is 2.87. The van der Waals surface area contributed by atoms with Crippen molar-refractivity contribution < 1.29 is 8.78 Å². The molecule has 0 bridgehead atoms. The molecule has 2 aliphatic rings. The summed E-state index contributed by atoms with van der Waals surface area (Å²) in [6, 6.07) is 8.28. The number of benzene rings is 1. The summed E-state index contributed by atoms with van der Waals surface area (Å²) in [5.74, 6) is -1.84. The van der Waals surface area contributed by atoms with Crippen molar-refractivity contribution >= 4 is 0 Å². The minimum Gasteiger partial charge on any atom is -0.321 e. The maximum Gasteiger partial charge on any atom is 0.248 e. The summed E-state index contributed by atoms with van der Waals surface area (Å²) < 4.78 is 26.5. The van der Waals surface area contributed by atoms with Gasteiger partial charge in [-0.15, -0.1) is 0 Å². The van der Waals surface area contributed by atoms with Crippen LogP contribution in [0.1, 0.15) is 55.6 Å². The first-order valence-electron chi connectivity index (χ1n) is 6.76. The van der Waals surface area contributed by atoms with Crippen LogP contribution >= 0.6 is 0 Å². The average Bonchev–Trinajstić information content (AvgIpc) is 3.18. The second-order valence-electron chi connectivity index (χ2n) is 5.91. The van der Waals surface area contributed by atoms with E-state index in [2.05, 4.69) is 12.1 Å². The van der Waals surface area contributed by atoms with Crippen molar-refractivity contribution in [1.82, 2.24) is 0 Å². The van der Waals surface area contributed by atoms with Gasteiger partial charge in [0, 0.05) is 18.4 Å². The van der Waals surface area contributed by atoms with Gasteiger partial charge in [-0.05, 0) is 42.7 Å². The maximum absolute atomic E-state index is 13.2. The summed E-state index contributed by atoms with van der Waals surface area (Å²) in [4.78, 5) is 0. The lowest BCUT2D eigenvalue weighted by molar-refractivity contribution is -0.0514. The highest BCUT2D eigenvalue weighted by molar-refractivity contribution is 5.33. The van der Waals surface area contributed by atoms with Crippen molar-refractivity contribution in [2.24, 2.45) is 5.73 Å². The summed E-state index contributed by atoms with van der Waals surface area (Å²) in [5, 5.41) is 0. The Kier molecular flexibility index (Phi) is 2.70. The number of halogens is 2. The van der Waals surface area contributed by atoms with Crippen molar-refractivity contribution in [2.75, 3.05) is 0 Å². The fourth-order valence-electron chi connectivity index (χ4n) is 2.87. The predicted molar refractivity (Wildman–Crippen MR) is 67.7 cm³/mol. The molecule has 98 valence electrons. The molecule has 0 heterocycles. The molecule has 2 N–H and O–H groups in total. The highest BCUT2D eigenvalue weighted by Gasteiger charge is 2.42. The summed E-state index contributed by atoms with van der Waals surface area (Å²) in [6.45, 7) is 0. The van der Waals surface area contributed by atoms with Crippen LogP contribution in [0.15, 0.2) is 24.3 Å². The zero-order chi connectivity index (χ0) is 12.8. The van der Waals surface area contributed by atoms with Crippen LogP contribution in [0, 0.1) is 0 Å². The van der Waals surface area contributed by atoms with Crippen LogP contribution in [0.2, 0.25) is 0 Å². The Morgan fingerprint density at radius 2 is 1.72 bits per heavy atom. The summed E-state index contributed by atoms with van der Waals surface area (Å²) in [5.41, 5.74) is 8.18. The van der Waals surface area contributed by atoms with E-state index in [1.165, 1.54) is 18.4 Å². The van der Waals surface area contributed by atoms with Gasteiger partial charge < -0.3 is 5.73 Å². The Hall–Kier alpha value is -0.960. The number of rotatable bonds is 2. The standard InChI is InChI=1S/C15H19F2N/c16-15(17)8-6-14(18,7-9-15)13-3-1-2-12(10-13)11-4-5-11/h1-3,10-11H,4-9,18H2. The molecular formula is C15H19F2N. The zero-order valence-corrected chi connectivity index (χ0v) is 10.5. The number of alkyl halides is 2. The molecule has 2 fully saturated rings. The fraction of sp³-hybridized carbons (Fsp3) is 0.600. The van der Waals surface area contributed by atoms with Gasteiger partial charge in [0.2, 0.25) is 5.92 Å². The van der Waals surface area contributed by atoms with Crippen LogP contribution in [0.4, 0.5) is 8.78 Å². The molecule has 0 spiro atoms. The molecule has 0 radical (unpaired) electrons. The molecular weight excluding hydrogens is 232 g/mol. The Labute approximate surface area is 106 Å². The lowest BCUT2D eigenvalue weighted by Gasteiger charge is -2.37. The molecule has 18 heavy (non-hydrogen) atoms. The van der Waals surface area contributed by atoms with Gasteiger partial charge in [0.15, 0.2) is 0 Å². The highest BCUT2D eigenvalue weighted by atomic mass is 19.3. The van der Waals surface area contributed by atoms with Gasteiger partial charge >= 0.3 is 0 Å². The summed E-state index contributed by atoms with van der Waals surface area (Å²) >= 11 is 0. The molecule has 0 aromatic heterocycles. The van der Waals surface area contributed by atoms with Crippen LogP contribution in [0.3, 0.4) is 0 Å². The molecule has 3 rings (SSSR count). The average molecular weight is 251 g/mol. The SMILES string of the molecule is NC1(c2cccc(C3CC3)c2)CCC(F)(F)CC1. The second-order valence-corrected chi connectivity index (χ2v) is 5.91. The van der Waals surface area contributed by atoms with E-state index >= 15 is 0 Å². The minimum atomic E-state index is -2.52. The third kappa shape index (κ3) is 2.28. The van der Waals surface area contributed by atoms with Gasteiger partial charge in [-0.25, -0.2) is 8.78 Å². The molecule has 0 saturated heterocycles. The Morgan fingerprint density at radius 1 is 1.06 bits per heavy atom. The Morgan fingerprint density at radius 3 is 2.33 bits per heavy atom. The highest BCUT2D eigenvalue weighted by Crippen LogP contribution is 2.44. The molecule has 1 aromatic rings. The monoisotopic (exact) mass is 251 g/mol. The Balaban J connectivity index is 1.83. The first kappa shape index (κ1) is 12.1. The molecule has 1 aromatic carbocycles. The van der Waals surface area contributed by atoms with E-state index in [-0.39, 0.29) is 12.8 Å². The van der Waals surface area contributed by atoms with Crippen LogP contribution < -0.4 is 5.73 Å². The second kappa shape index (κ2) is 4.02. The molecule has 0 atom stereocenters. The first-order valence-corrected chi connectivity index (χ1v) is 6.76. The van der Waals surface area contributed by atoms with Gasteiger partial charge in [-0.1, -0.05) is 24.3 Å². The van der Waals surface area contributed by atoms with Crippen molar-refractivity contribution in [3.63, 3.8) is 0 Å². The van der Waals surface area contributed by atoms with Crippen LogP contribution in [0.5, 0.6) is 0 Å². The summed E-state index contributed by atoms with van der Waals surface area (Å²) in [7, 11) is 0. The van der Waals surface area contributed by atoms with E-state index in [0.29, 0.717) is 18.8 Å². The van der Waals surface area contributed by atoms with E-state index < -0.39 is 11.5 Å². The van der Waals surface area contributed by atoms with Gasteiger partial charge in [0.05, 0.1) is 0 Å². The molecule has 0 amide bonds. The smallest absolute Gasteiger partial charge is 0.248 e. The third-order valence-electron chi connectivity index (χ3n) is 4.38. The predicted octanol–water partition coefficient (Wildman–Crippen LogP) is 3.93. The lowest BCUT2D eigenvalue weighted by Crippen LogP contribution is -2.43. The molecule has 2 saturated carbocycles. The van der Waals surface area contributed by atoms with Crippen LogP contribution in [-0.4, -0.2) is 5.92 Å². The summed E-state index contributed by atoms with van der Waals surface area (Å²) in [6.07, 6.45) is 3.09. The third-order valence-corrected chi connectivity index (χ3v) is 4.38. The normalized spacial score (nSPS) is 25.9. The topological polar surface area (TPSA) is 26.0 Å². The van der Waals surface area contributed by atoms with Crippen LogP contribution in [-0.2, 0) is 5.54 Å². The molecule has 3 heteroatoms. The van der Waals surface area contributed by atoms with E-state index in [0.717, 1.165) is 5.56 Å².